The van der Waals surface area contributed by atoms with E-state index in [1.165, 1.54) is 0 Å². The normalized spacial score (nSPS) is 12.5. The van der Waals surface area contributed by atoms with Gasteiger partial charge in [-0.1, -0.05) is 76.7 Å². The van der Waals surface area contributed by atoms with Crippen molar-refractivity contribution in [3.8, 4) is 0 Å². The molecule has 0 aromatic rings. The molecule has 250 valence electrons. The van der Waals surface area contributed by atoms with Gasteiger partial charge in [0.2, 0.25) is 0 Å². The molecule has 0 rings (SSSR count). The molecule has 6 nitrogen and oxygen atoms in total. The summed E-state index contributed by atoms with van der Waals surface area (Å²) in [6.07, 6.45) is 3.47. The Morgan fingerprint density at radius 2 is 1.14 bits per heavy atom. The van der Waals surface area contributed by atoms with Gasteiger partial charge in [0.25, 0.3) is 0 Å². The van der Waals surface area contributed by atoms with E-state index in [0.29, 0.717) is 19.6 Å². The molecule has 0 saturated carbocycles. The summed E-state index contributed by atoms with van der Waals surface area (Å²) in [5, 5.41) is 28.7. The van der Waals surface area contributed by atoms with Gasteiger partial charge < -0.3 is 60.7 Å². The van der Waals surface area contributed by atoms with Gasteiger partial charge >= 0.3 is 46.1 Å². The zero-order chi connectivity index (χ0) is 30.4. The molecule has 1 atom stereocenters. The fraction of sp³-hybridized carbons (Fsp3) is 0.933. The van der Waals surface area contributed by atoms with Crippen LogP contribution in [0.1, 0.15) is 102 Å². The van der Waals surface area contributed by atoms with Gasteiger partial charge in [0.15, 0.2) is 16.6 Å². The van der Waals surface area contributed by atoms with E-state index >= 15 is 0 Å². The first kappa shape index (κ1) is 62.8. The van der Waals surface area contributed by atoms with Crippen LogP contribution < -0.4 is 29.9 Å². The van der Waals surface area contributed by atoms with Gasteiger partial charge in [0.1, 0.15) is 6.29 Å². The van der Waals surface area contributed by atoms with E-state index in [0.717, 1.165) is 25.5 Å². The number of carbonyl (C=O) groups is 1. The Bertz CT molecular complexity index is 612. The fourth-order valence-electron chi connectivity index (χ4n) is 2.14. The number of unbranched alkanes of at least 4 members (excludes halogenated alkanes) is 1. The van der Waals surface area contributed by atoms with Crippen LogP contribution in [0.5, 0.6) is 0 Å². The van der Waals surface area contributed by atoms with Gasteiger partial charge in [-0.05, 0) is 55.5 Å². The van der Waals surface area contributed by atoms with E-state index in [1.54, 1.807) is 0 Å². The van der Waals surface area contributed by atoms with Crippen molar-refractivity contribution in [2.24, 2.45) is 10.8 Å². The van der Waals surface area contributed by atoms with Crippen LogP contribution in [0.3, 0.4) is 0 Å². The predicted molar refractivity (Wildman–Crippen MR) is 180 cm³/mol. The van der Waals surface area contributed by atoms with Crippen LogP contribution in [0.4, 0.5) is 0 Å². The SMILES string of the molecule is C.CC(C)(C=O)CO[Si](C)(C)C(C)(C)C.CC(C)(CO[Si](C)(C)C(C)(C)C)C(O)CCCCO.[CH2-]CC[O-].[Cl-].[Cl-].[Mg+2].[Mg+2]. The second kappa shape index (κ2) is 28.1. The molecule has 0 aliphatic carbocycles. The number of aldehydes is 1. The topological polar surface area (TPSA) is 99.1 Å². The van der Waals surface area contributed by atoms with E-state index in [-0.39, 0.29) is 119 Å². The van der Waals surface area contributed by atoms with Gasteiger partial charge in [-0.15, -0.1) is 0 Å². The van der Waals surface area contributed by atoms with E-state index in [2.05, 4.69) is 88.5 Å². The van der Waals surface area contributed by atoms with Crippen molar-refractivity contribution in [3.63, 3.8) is 0 Å². The van der Waals surface area contributed by atoms with Crippen molar-refractivity contribution >= 4 is 69.0 Å². The first-order valence-corrected chi connectivity index (χ1v) is 19.6. The molecule has 0 saturated heterocycles. The molecule has 0 spiro atoms. The number of aliphatic hydroxyl groups excluding tert-OH is 2. The molecule has 0 aromatic heterocycles. The monoisotopic (exact) mass is 698 g/mol. The number of halogens is 2. The van der Waals surface area contributed by atoms with E-state index in [4.69, 9.17) is 14.0 Å². The molecule has 0 aliphatic heterocycles. The molecule has 0 radical (unpaired) electrons. The van der Waals surface area contributed by atoms with Crippen LogP contribution >= 0.6 is 0 Å². The Labute approximate surface area is 309 Å². The third kappa shape index (κ3) is 29.4. The molecule has 2 N–H and O–H groups in total. The molecule has 0 bridgehead atoms. The van der Waals surface area contributed by atoms with Gasteiger partial charge in [-0.25, -0.2) is 0 Å². The molecule has 0 aliphatic rings. The average molecular weight is 701 g/mol. The van der Waals surface area contributed by atoms with Crippen LogP contribution in [0.15, 0.2) is 0 Å². The smallest absolute Gasteiger partial charge is 1.00 e. The zero-order valence-electron chi connectivity index (χ0n) is 29.2. The van der Waals surface area contributed by atoms with E-state index in [1.807, 2.05) is 13.8 Å². The number of hydrogen-bond donors (Lipinski definition) is 2. The zero-order valence-corrected chi connectivity index (χ0v) is 35.6. The Kier molecular flexibility index (Phi) is 42.0. The summed E-state index contributed by atoms with van der Waals surface area (Å²) in [6.45, 7) is 34.7. The third-order valence-electron chi connectivity index (χ3n) is 7.47. The Morgan fingerprint density at radius 3 is 1.40 bits per heavy atom. The minimum atomic E-state index is -1.75. The molecular formula is C30H68Cl2Mg2O6Si2. The van der Waals surface area contributed by atoms with Crippen molar-refractivity contribution in [3.05, 3.63) is 6.92 Å². The van der Waals surface area contributed by atoms with Gasteiger partial charge in [0, 0.05) is 30.7 Å². The van der Waals surface area contributed by atoms with Crippen LogP contribution in [0.2, 0.25) is 36.3 Å². The Hall–Kier alpha value is 2.02. The first-order valence-electron chi connectivity index (χ1n) is 13.8. The number of rotatable bonds is 13. The summed E-state index contributed by atoms with van der Waals surface area (Å²) < 4.78 is 12.2. The summed E-state index contributed by atoms with van der Waals surface area (Å²) in [6, 6.07) is 0. The number of carbonyl (C=O) groups excluding carboxylic acids is 1. The largest absolute Gasteiger partial charge is 2.00 e. The summed E-state index contributed by atoms with van der Waals surface area (Å²) >= 11 is 0. The maximum Gasteiger partial charge on any atom is 2.00 e. The maximum absolute atomic E-state index is 10.7. The van der Waals surface area contributed by atoms with Crippen LogP contribution in [-0.4, -0.2) is 112 Å². The van der Waals surface area contributed by atoms with Crippen LogP contribution in [-0.2, 0) is 13.6 Å². The molecule has 1 unspecified atom stereocenters. The Morgan fingerprint density at radius 1 is 0.810 bits per heavy atom. The second-order valence-corrected chi connectivity index (χ2v) is 24.1. The summed E-state index contributed by atoms with van der Waals surface area (Å²) in [7, 11) is -3.44. The van der Waals surface area contributed by atoms with Gasteiger partial charge in [0.05, 0.1) is 6.10 Å². The third-order valence-corrected chi connectivity index (χ3v) is 16.4. The maximum atomic E-state index is 10.7. The standard InChI is InChI=1S/C15H34O3Si.C11H24O2Si.C3H6O.CH4.2ClH.2Mg/c1-14(2,3)19(6,7)18-12-15(4,5)13(17)10-8-9-11-16;1-10(2,3)14(6,7)13-9-11(4,5)8-12;1-2-3-4;;;;;/h13,16-17H,8-12H2,1-7H3;8H,9H2,1-7H3;1-3H2;1H4;2*1H;;/q;;-2;;;;2*+2/p-2. The molecule has 0 amide bonds. The van der Waals surface area contributed by atoms with Crippen molar-refractivity contribution < 1.29 is 53.8 Å². The molecule has 42 heavy (non-hydrogen) atoms. The van der Waals surface area contributed by atoms with E-state index in [9.17, 15) is 15.0 Å². The minimum Gasteiger partial charge on any atom is -1.00 e. The van der Waals surface area contributed by atoms with Gasteiger partial charge in [-0.2, -0.15) is 13.0 Å². The van der Waals surface area contributed by atoms with Crippen molar-refractivity contribution in [1.29, 1.82) is 0 Å². The van der Waals surface area contributed by atoms with Crippen molar-refractivity contribution in [2.45, 2.75) is 145 Å². The molecule has 12 heteroatoms. The number of aliphatic hydroxyl groups is 2. The predicted octanol–water partition coefficient (Wildman–Crippen LogP) is 0.245. The molecular weight excluding hydrogens is 632 g/mol. The van der Waals surface area contributed by atoms with Crippen LogP contribution in [0, 0.1) is 17.8 Å². The molecule has 0 heterocycles. The average Bonchev–Trinajstić information content (AvgIpc) is 2.76. The quantitative estimate of drug-likeness (QED) is 0.124. The van der Waals surface area contributed by atoms with Gasteiger partial charge in [-0.3, -0.25) is 0 Å². The van der Waals surface area contributed by atoms with Crippen LogP contribution in [0.25, 0.3) is 0 Å². The summed E-state index contributed by atoms with van der Waals surface area (Å²) in [5.74, 6) is 0. The summed E-state index contributed by atoms with van der Waals surface area (Å²) in [4.78, 5) is 10.7. The fourth-order valence-corrected chi connectivity index (χ4v) is 4.47. The summed E-state index contributed by atoms with van der Waals surface area (Å²) in [5.41, 5.74) is -0.583. The first-order chi connectivity index (χ1) is 16.4. The Balaban J connectivity index is -0.0000000751. The molecule has 0 fully saturated rings. The number of hydrogen-bond acceptors (Lipinski definition) is 6. The molecule has 0 aromatic carbocycles. The van der Waals surface area contributed by atoms with Crippen molar-refractivity contribution in [1.82, 2.24) is 0 Å². The minimum absolute atomic E-state index is 0. The van der Waals surface area contributed by atoms with Crippen molar-refractivity contribution in [2.75, 3.05) is 26.4 Å². The van der Waals surface area contributed by atoms with E-state index < -0.39 is 16.6 Å². The second-order valence-electron chi connectivity index (χ2n) is 14.5.